The second kappa shape index (κ2) is 9.43. The van der Waals surface area contributed by atoms with Crippen molar-refractivity contribution in [2.45, 2.75) is 66.9 Å². The minimum absolute atomic E-state index is 0.105. The number of aryl methyl sites for hydroxylation is 1. The summed E-state index contributed by atoms with van der Waals surface area (Å²) in [6.45, 7) is 0. The van der Waals surface area contributed by atoms with Crippen molar-refractivity contribution in [2.75, 3.05) is 7.11 Å². The summed E-state index contributed by atoms with van der Waals surface area (Å²) in [6, 6.07) is 2.80. The van der Waals surface area contributed by atoms with Gasteiger partial charge < -0.3 is 9.84 Å². The molecule has 0 saturated heterocycles. The third kappa shape index (κ3) is 4.93. The molecule has 0 aliphatic rings. The number of hydrogen-bond donors (Lipinski definition) is 1. The number of hydrogen-bond acceptors (Lipinski definition) is 2. The Morgan fingerprint density at radius 1 is 0.622 bits per heavy atom. The molecule has 0 bridgehead atoms. The average Bonchev–Trinajstić information content (AvgIpc) is 2.73. The Morgan fingerprint density at radius 3 is 1.43 bits per heavy atom. The maximum Gasteiger partial charge on any atom is 0.460 e. The molecule has 1 aromatic rings. The van der Waals surface area contributed by atoms with E-state index in [2.05, 4.69) is 4.74 Å². The van der Waals surface area contributed by atoms with E-state index in [1.807, 2.05) is 0 Å². The maximum atomic E-state index is 13.9. The first kappa shape index (κ1) is 32.7. The molecule has 19 heteroatoms. The lowest BCUT2D eigenvalue weighted by Crippen LogP contribution is -2.74. The van der Waals surface area contributed by atoms with Crippen LogP contribution >= 0.6 is 0 Å². The van der Waals surface area contributed by atoms with Crippen molar-refractivity contribution in [1.29, 1.82) is 0 Å². The molecule has 0 fully saturated rings. The molecular weight excluding hydrogens is 571 g/mol. The second-order valence-electron chi connectivity index (χ2n) is 7.51. The van der Waals surface area contributed by atoms with Gasteiger partial charge in [-0.3, -0.25) is 0 Å². The number of phenolic OH excluding ortho intramolecular Hbond substituents is 1. The molecule has 0 aromatic heterocycles. The van der Waals surface area contributed by atoms with Crippen LogP contribution in [0.4, 0.5) is 74.6 Å². The molecule has 1 N–H and O–H groups in total. The van der Waals surface area contributed by atoms with Gasteiger partial charge in [0.1, 0.15) is 0 Å². The molecule has 0 heterocycles. The molecule has 0 unspecified atom stereocenters. The molecule has 0 saturated carbocycles. The van der Waals surface area contributed by atoms with Crippen LogP contribution in [0.1, 0.15) is 18.4 Å². The quantitative estimate of drug-likeness (QED) is 0.270. The van der Waals surface area contributed by atoms with Crippen molar-refractivity contribution >= 4 is 0 Å². The van der Waals surface area contributed by atoms with Gasteiger partial charge >= 0.3 is 47.6 Å². The molecule has 2 nitrogen and oxygen atoms in total. The van der Waals surface area contributed by atoms with E-state index in [0.29, 0.717) is 0 Å². The molecule has 0 aliphatic carbocycles. The predicted octanol–water partition coefficient (Wildman–Crippen LogP) is 7.73. The smallest absolute Gasteiger partial charge is 0.460 e. The fraction of sp³-hybridized carbons (Fsp3) is 0.667. The first-order chi connectivity index (χ1) is 16.2. The third-order valence-electron chi connectivity index (χ3n) is 4.99. The normalized spacial score (nSPS) is 15.2. The lowest BCUT2D eigenvalue weighted by atomic mass is 9.87. The maximum absolute atomic E-state index is 13.9. The number of benzene rings is 1. The van der Waals surface area contributed by atoms with E-state index in [1.54, 1.807) is 0 Å². The van der Waals surface area contributed by atoms with Crippen molar-refractivity contribution in [3.05, 3.63) is 23.8 Å². The molecule has 1 aromatic carbocycles. The van der Waals surface area contributed by atoms with E-state index < -0.39 is 72.6 Å². The van der Waals surface area contributed by atoms with Gasteiger partial charge in [-0.05, 0) is 30.5 Å². The predicted molar refractivity (Wildman–Crippen MR) is 88.3 cm³/mol. The summed E-state index contributed by atoms with van der Waals surface area (Å²) in [7, 11) is 1.01. The Bertz CT molecular complexity index is 952. The van der Waals surface area contributed by atoms with Gasteiger partial charge in [0.25, 0.3) is 0 Å². The molecular formula is C18H13F17O2. The highest BCUT2D eigenvalue weighted by Gasteiger charge is 2.95. The van der Waals surface area contributed by atoms with Gasteiger partial charge in [-0.2, -0.15) is 74.6 Å². The minimum Gasteiger partial charge on any atom is -0.504 e. The summed E-state index contributed by atoms with van der Waals surface area (Å²) in [4.78, 5) is 0. The number of rotatable bonds is 11. The fourth-order valence-electron chi connectivity index (χ4n) is 2.75. The molecule has 216 valence electrons. The monoisotopic (exact) mass is 584 g/mol. The van der Waals surface area contributed by atoms with Crippen LogP contribution in [0.15, 0.2) is 18.2 Å². The van der Waals surface area contributed by atoms with Gasteiger partial charge in [-0.25, -0.2) is 0 Å². The Kier molecular flexibility index (Phi) is 8.32. The Morgan fingerprint density at radius 2 is 1.03 bits per heavy atom. The first-order valence-electron chi connectivity index (χ1n) is 9.24. The van der Waals surface area contributed by atoms with Crippen LogP contribution in [-0.4, -0.2) is 59.9 Å². The van der Waals surface area contributed by atoms with E-state index in [-0.39, 0.29) is 11.3 Å². The number of halogens is 17. The summed E-state index contributed by atoms with van der Waals surface area (Å²) in [6.07, 6.45) is -12.4. The molecule has 37 heavy (non-hydrogen) atoms. The zero-order chi connectivity index (χ0) is 29.7. The van der Waals surface area contributed by atoms with Crippen LogP contribution in [0.3, 0.4) is 0 Å². The zero-order valence-corrected chi connectivity index (χ0v) is 17.6. The molecule has 1 rings (SSSR count). The second-order valence-corrected chi connectivity index (χ2v) is 7.51. The van der Waals surface area contributed by atoms with Gasteiger partial charge in [0.15, 0.2) is 11.5 Å². The summed E-state index contributed by atoms with van der Waals surface area (Å²) in [5, 5.41) is 9.36. The molecule has 0 spiro atoms. The molecule has 0 amide bonds. The highest BCUT2D eigenvalue weighted by molar-refractivity contribution is 5.41. The number of alkyl halides is 17. The summed E-state index contributed by atoms with van der Waals surface area (Å²) < 4.78 is 229. The Hall–Kier alpha value is -2.37. The molecule has 0 radical (unpaired) electrons. The van der Waals surface area contributed by atoms with Gasteiger partial charge in [-0.1, -0.05) is 6.07 Å². The Balaban J connectivity index is 3.33. The van der Waals surface area contributed by atoms with Gasteiger partial charge in [0.05, 0.1) is 7.11 Å². The van der Waals surface area contributed by atoms with Crippen LogP contribution in [0.5, 0.6) is 11.5 Å². The first-order valence-corrected chi connectivity index (χ1v) is 9.24. The van der Waals surface area contributed by atoms with Crippen molar-refractivity contribution in [2.24, 2.45) is 0 Å². The van der Waals surface area contributed by atoms with Crippen LogP contribution in [-0.2, 0) is 6.42 Å². The largest absolute Gasteiger partial charge is 0.504 e. The topological polar surface area (TPSA) is 29.5 Å². The number of phenols is 1. The van der Waals surface area contributed by atoms with E-state index in [1.165, 1.54) is 0 Å². The SMILES string of the molecule is COc1cc(CCCC(F)(F)C(F)(F)C(F)(F)C(F)(F)C(F)(F)C(F)(F)C(F)(F)C(F)(F)F)ccc1O. The number of ether oxygens (including phenoxy) is 1. The summed E-state index contributed by atoms with van der Waals surface area (Å²) in [5.74, 6) is -57.1. The Labute approximate surface area is 195 Å². The van der Waals surface area contributed by atoms with Gasteiger partial charge in [0, 0.05) is 6.42 Å². The molecule has 0 atom stereocenters. The lowest BCUT2D eigenvalue weighted by Gasteiger charge is -2.42. The van der Waals surface area contributed by atoms with Crippen molar-refractivity contribution in [3.8, 4) is 11.5 Å². The van der Waals surface area contributed by atoms with E-state index in [0.717, 1.165) is 25.3 Å². The minimum atomic E-state index is -8.63. The standard InChI is InChI=1S/C18H13F17O2/c1-37-10-7-8(4-5-9(10)36)3-2-6-11(19,20)12(21,22)13(23,24)14(25,26)15(27,28)16(29,30)17(31,32)18(33,34)35/h4-5,7,36H,2-3,6H2,1H3. The van der Waals surface area contributed by atoms with Crippen LogP contribution in [0.2, 0.25) is 0 Å². The van der Waals surface area contributed by atoms with E-state index >= 15 is 0 Å². The van der Waals surface area contributed by atoms with Gasteiger partial charge in [-0.15, -0.1) is 0 Å². The zero-order valence-electron chi connectivity index (χ0n) is 17.6. The summed E-state index contributed by atoms with van der Waals surface area (Å²) in [5.41, 5.74) is -0.105. The van der Waals surface area contributed by atoms with Crippen LogP contribution in [0, 0.1) is 0 Å². The highest BCUT2D eigenvalue weighted by atomic mass is 19.4. The molecule has 0 aliphatic heterocycles. The van der Waals surface area contributed by atoms with Crippen LogP contribution < -0.4 is 4.74 Å². The van der Waals surface area contributed by atoms with Gasteiger partial charge in [0.2, 0.25) is 0 Å². The number of aromatic hydroxyl groups is 1. The van der Waals surface area contributed by atoms with Crippen molar-refractivity contribution in [3.63, 3.8) is 0 Å². The lowest BCUT2D eigenvalue weighted by molar-refractivity contribution is -0.461. The highest BCUT2D eigenvalue weighted by Crippen LogP contribution is 2.64. The number of methoxy groups -OCH3 is 1. The van der Waals surface area contributed by atoms with E-state index in [9.17, 15) is 79.7 Å². The van der Waals surface area contributed by atoms with Crippen molar-refractivity contribution < 1.29 is 84.5 Å². The average molecular weight is 584 g/mol. The van der Waals surface area contributed by atoms with E-state index in [4.69, 9.17) is 0 Å². The van der Waals surface area contributed by atoms with Crippen molar-refractivity contribution in [1.82, 2.24) is 0 Å². The summed E-state index contributed by atoms with van der Waals surface area (Å²) >= 11 is 0. The third-order valence-corrected chi connectivity index (χ3v) is 4.99. The fourth-order valence-corrected chi connectivity index (χ4v) is 2.75. The van der Waals surface area contributed by atoms with Crippen LogP contribution in [0.25, 0.3) is 0 Å².